The van der Waals surface area contributed by atoms with E-state index in [1.807, 2.05) is 0 Å². The van der Waals surface area contributed by atoms with Crippen LogP contribution in [0, 0.1) is 0 Å². The maximum absolute atomic E-state index is 10.8. The second-order valence-corrected chi connectivity index (χ2v) is 6.96. The zero-order valence-corrected chi connectivity index (χ0v) is 9.87. The summed E-state index contributed by atoms with van der Waals surface area (Å²) in [6, 6.07) is -0.0708. The zero-order chi connectivity index (χ0) is 10.5. The van der Waals surface area contributed by atoms with Crippen LogP contribution in [0.2, 0.25) is 0 Å². The van der Waals surface area contributed by atoms with E-state index in [-0.39, 0.29) is 11.8 Å². The molecule has 0 radical (unpaired) electrons. The summed E-state index contributed by atoms with van der Waals surface area (Å²) in [5.74, 6) is 0.692. The van der Waals surface area contributed by atoms with Crippen molar-refractivity contribution in [3.63, 3.8) is 0 Å². The smallest absolute Gasteiger partial charge is 0.148 e. The van der Waals surface area contributed by atoms with Crippen molar-refractivity contribution in [1.29, 1.82) is 0 Å². The molecule has 0 aliphatic carbocycles. The third-order valence-corrected chi connectivity index (χ3v) is 3.32. The Balaban J connectivity index is 3.64. The molecule has 0 saturated heterocycles. The van der Waals surface area contributed by atoms with Gasteiger partial charge in [0.1, 0.15) is 9.84 Å². The van der Waals surface area contributed by atoms with Crippen molar-refractivity contribution in [3.05, 3.63) is 0 Å². The summed E-state index contributed by atoms with van der Waals surface area (Å²) in [7, 11) is -3.73. The molecule has 80 valence electrons. The van der Waals surface area contributed by atoms with E-state index in [1.54, 1.807) is 13.2 Å². The van der Waals surface area contributed by atoms with E-state index in [0.717, 1.165) is 0 Å². The molecule has 0 aromatic carbocycles. The van der Waals surface area contributed by atoms with E-state index in [0.29, 0.717) is 12.3 Å². The largest absolute Gasteiger partial charge is 0.312 e. The van der Waals surface area contributed by atoms with Crippen LogP contribution >= 0.6 is 0 Å². The average Bonchev–Trinajstić information content (AvgIpc) is 1.81. The molecule has 13 heavy (non-hydrogen) atoms. The molecule has 0 rings (SSSR count). The summed E-state index contributed by atoms with van der Waals surface area (Å²) < 4.78 is 32.3. The summed E-state index contributed by atoms with van der Waals surface area (Å²) >= 11 is 0. The summed E-state index contributed by atoms with van der Waals surface area (Å²) in [5, 5.41) is 3.00. The fourth-order valence-corrected chi connectivity index (χ4v) is 2.39. The van der Waals surface area contributed by atoms with Gasteiger partial charge < -0.3 is 5.32 Å². The van der Waals surface area contributed by atoms with Crippen molar-refractivity contribution in [2.24, 2.45) is 0 Å². The van der Waals surface area contributed by atoms with E-state index in [1.165, 1.54) is 6.26 Å². The molecule has 0 bridgehead atoms. The highest BCUT2D eigenvalue weighted by Gasteiger charge is 2.09. The molecule has 2 unspecified atom stereocenters. The van der Waals surface area contributed by atoms with E-state index < -0.39 is 20.6 Å². The topological polar surface area (TPSA) is 63.2 Å². The minimum atomic E-state index is -2.91. The maximum atomic E-state index is 10.8. The molecule has 0 aromatic heterocycles. The van der Waals surface area contributed by atoms with Crippen LogP contribution in [0.3, 0.4) is 0 Å². The number of hydrogen-bond donors (Lipinski definition) is 1. The Morgan fingerprint density at radius 2 is 2.00 bits per heavy atom. The summed E-state index contributed by atoms with van der Waals surface area (Å²) in [5.41, 5.74) is 0. The molecular formula is C7H17NO3S2. The van der Waals surface area contributed by atoms with Crippen LogP contribution in [-0.4, -0.2) is 49.2 Å². The van der Waals surface area contributed by atoms with Gasteiger partial charge in [-0.2, -0.15) is 0 Å². The molecule has 0 spiro atoms. The third-order valence-electron chi connectivity index (χ3n) is 1.44. The lowest BCUT2D eigenvalue weighted by atomic mass is 10.4. The summed E-state index contributed by atoms with van der Waals surface area (Å²) in [4.78, 5) is 0. The SMILES string of the molecule is CC(CS(C)(=O)=O)NCCS(C)=O. The lowest BCUT2D eigenvalue weighted by Crippen LogP contribution is -2.35. The van der Waals surface area contributed by atoms with Crippen molar-refractivity contribution < 1.29 is 12.6 Å². The summed E-state index contributed by atoms with van der Waals surface area (Å²) in [6.45, 7) is 2.40. The summed E-state index contributed by atoms with van der Waals surface area (Å²) in [6.07, 6.45) is 2.84. The fourth-order valence-electron chi connectivity index (χ4n) is 0.962. The van der Waals surface area contributed by atoms with Gasteiger partial charge in [0.2, 0.25) is 0 Å². The van der Waals surface area contributed by atoms with Crippen molar-refractivity contribution >= 4 is 20.6 Å². The quantitative estimate of drug-likeness (QED) is 0.657. The van der Waals surface area contributed by atoms with Gasteiger partial charge in [-0.3, -0.25) is 4.21 Å². The highest BCUT2D eigenvalue weighted by atomic mass is 32.2. The van der Waals surface area contributed by atoms with Gasteiger partial charge in [0.15, 0.2) is 0 Å². The Morgan fingerprint density at radius 3 is 2.38 bits per heavy atom. The molecule has 0 aliphatic heterocycles. The lowest BCUT2D eigenvalue weighted by Gasteiger charge is -2.11. The second-order valence-electron chi connectivity index (χ2n) is 3.22. The first-order chi connectivity index (χ1) is 5.81. The van der Waals surface area contributed by atoms with Crippen LogP contribution in [0.5, 0.6) is 0 Å². The maximum Gasteiger partial charge on any atom is 0.148 e. The molecule has 0 saturated carbocycles. The molecule has 6 heteroatoms. The van der Waals surface area contributed by atoms with Crippen LogP contribution in [-0.2, 0) is 20.6 Å². The minimum Gasteiger partial charge on any atom is -0.312 e. The number of rotatable bonds is 6. The van der Waals surface area contributed by atoms with E-state index in [2.05, 4.69) is 5.32 Å². The predicted molar refractivity (Wildman–Crippen MR) is 56.1 cm³/mol. The van der Waals surface area contributed by atoms with Gasteiger partial charge in [-0.05, 0) is 6.92 Å². The highest BCUT2D eigenvalue weighted by Crippen LogP contribution is 1.89. The van der Waals surface area contributed by atoms with Crippen LogP contribution in [0.1, 0.15) is 6.92 Å². The first-order valence-corrected chi connectivity index (χ1v) is 7.81. The molecule has 0 fully saturated rings. The molecule has 0 amide bonds. The van der Waals surface area contributed by atoms with Crippen molar-refractivity contribution in [3.8, 4) is 0 Å². The molecule has 4 nitrogen and oxygen atoms in total. The standard InChI is InChI=1S/C7H17NO3S2/c1-7(6-13(3,10)11)8-4-5-12(2)9/h7-8H,4-6H2,1-3H3. The molecule has 0 heterocycles. The molecular weight excluding hydrogens is 210 g/mol. The first kappa shape index (κ1) is 13.1. The van der Waals surface area contributed by atoms with Gasteiger partial charge >= 0.3 is 0 Å². The molecule has 2 atom stereocenters. The normalized spacial score (nSPS) is 16.8. The Labute approximate surface area is 82.5 Å². The van der Waals surface area contributed by atoms with E-state index in [4.69, 9.17) is 0 Å². The number of hydrogen-bond acceptors (Lipinski definition) is 4. The first-order valence-electron chi connectivity index (χ1n) is 4.02. The van der Waals surface area contributed by atoms with Crippen LogP contribution in [0.15, 0.2) is 0 Å². The van der Waals surface area contributed by atoms with Gasteiger partial charge in [0.25, 0.3) is 0 Å². The average molecular weight is 227 g/mol. The Morgan fingerprint density at radius 1 is 1.46 bits per heavy atom. The van der Waals surface area contributed by atoms with Crippen LogP contribution < -0.4 is 5.32 Å². The molecule has 0 aromatic rings. The van der Waals surface area contributed by atoms with Gasteiger partial charge in [-0.15, -0.1) is 0 Å². The van der Waals surface area contributed by atoms with Crippen LogP contribution in [0.4, 0.5) is 0 Å². The second kappa shape index (κ2) is 5.72. The fraction of sp³-hybridized carbons (Fsp3) is 1.00. The van der Waals surface area contributed by atoms with E-state index >= 15 is 0 Å². The predicted octanol–water partition coefficient (Wildman–Crippen LogP) is -0.612. The molecule has 0 aliphatic rings. The zero-order valence-electron chi connectivity index (χ0n) is 8.24. The Bertz CT molecular complexity index is 261. The highest BCUT2D eigenvalue weighted by molar-refractivity contribution is 7.90. The Hall–Kier alpha value is 0.0600. The van der Waals surface area contributed by atoms with Crippen molar-refractivity contribution in [2.45, 2.75) is 13.0 Å². The third kappa shape index (κ3) is 9.98. The monoisotopic (exact) mass is 227 g/mol. The van der Waals surface area contributed by atoms with Crippen molar-refractivity contribution in [1.82, 2.24) is 5.32 Å². The number of nitrogens with one attached hydrogen (secondary N) is 1. The number of sulfone groups is 1. The Kier molecular flexibility index (Phi) is 5.75. The van der Waals surface area contributed by atoms with Crippen LogP contribution in [0.25, 0.3) is 0 Å². The van der Waals surface area contributed by atoms with Gasteiger partial charge in [-0.1, -0.05) is 0 Å². The van der Waals surface area contributed by atoms with Crippen molar-refractivity contribution in [2.75, 3.05) is 30.6 Å². The molecule has 1 N–H and O–H groups in total. The van der Waals surface area contributed by atoms with Gasteiger partial charge in [0.05, 0.1) is 5.75 Å². The van der Waals surface area contributed by atoms with Gasteiger partial charge in [0, 0.05) is 41.7 Å². The minimum absolute atomic E-state index is 0.0708. The van der Waals surface area contributed by atoms with Gasteiger partial charge in [-0.25, -0.2) is 8.42 Å². The lowest BCUT2D eigenvalue weighted by molar-refractivity contribution is 0.571. The van der Waals surface area contributed by atoms with E-state index in [9.17, 15) is 12.6 Å².